The summed E-state index contributed by atoms with van der Waals surface area (Å²) in [5, 5.41) is 0. The van der Waals surface area contributed by atoms with Crippen molar-refractivity contribution in [2.45, 2.75) is 64.7 Å². The molecule has 0 aromatic rings. The minimum atomic E-state index is 1.13. The molecule has 0 atom stereocenters. The maximum atomic E-state index is 2.28. The average molecular weight is 154 g/mol. The average Bonchev–Trinajstić information content (AvgIpc) is 1.74. The number of hydrogen-bond acceptors (Lipinski definition) is 0. The Morgan fingerprint density at radius 2 is 1.45 bits per heavy atom. The largest absolute Gasteiger partial charge is 0.0654 e. The van der Waals surface area contributed by atoms with E-state index in [9.17, 15) is 0 Å². The fraction of sp³-hybridized carbons (Fsp3) is 1.00. The van der Waals surface area contributed by atoms with Crippen molar-refractivity contribution in [3.8, 4) is 0 Å². The van der Waals surface area contributed by atoms with Crippen molar-refractivity contribution >= 4 is 0 Å². The molecule has 0 bridgehead atoms. The van der Waals surface area contributed by atoms with Crippen molar-refractivity contribution in [3.05, 3.63) is 0 Å². The Bertz CT molecular complexity index is 74.0. The highest BCUT2D eigenvalue weighted by atomic mass is 14.2. The SMILES string of the molecule is C1CCC1.CCCC1CCC1. The van der Waals surface area contributed by atoms with E-state index in [0.717, 1.165) is 5.92 Å². The van der Waals surface area contributed by atoms with Gasteiger partial charge in [-0.2, -0.15) is 0 Å². The fourth-order valence-electron chi connectivity index (χ4n) is 1.44. The van der Waals surface area contributed by atoms with Gasteiger partial charge in [0.05, 0.1) is 0 Å². The molecule has 0 saturated heterocycles. The zero-order valence-electron chi connectivity index (χ0n) is 7.94. The Hall–Kier alpha value is 0. The highest BCUT2D eigenvalue weighted by Crippen LogP contribution is 2.29. The lowest BCUT2D eigenvalue weighted by Crippen LogP contribution is -2.09. The van der Waals surface area contributed by atoms with Crippen LogP contribution in [-0.2, 0) is 0 Å². The molecule has 0 aromatic carbocycles. The van der Waals surface area contributed by atoms with Crippen LogP contribution in [0.1, 0.15) is 64.7 Å². The van der Waals surface area contributed by atoms with Crippen LogP contribution in [0.25, 0.3) is 0 Å². The molecule has 0 aromatic heterocycles. The minimum absolute atomic E-state index is 1.13. The molecule has 2 saturated carbocycles. The van der Waals surface area contributed by atoms with Crippen LogP contribution in [0.15, 0.2) is 0 Å². The predicted octanol–water partition coefficient (Wildman–Crippen LogP) is 4.15. The lowest BCUT2D eigenvalue weighted by atomic mass is 9.82. The van der Waals surface area contributed by atoms with Crippen LogP contribution in [-0.4, -0.2) is 0 Å². The summed E-state index contributed by atoms with van der Waals surface area (Å²) in [5.41, 5.74) is 0. The van der Waals surface area contributed by atoms with E-state index in [1.807, 2.05) is 0 Å². The third kappa shape index (κ3) is 3.79. The summed E-state index contributed by atoms with van der Waals surface area (Å²) in [7, 11) is 0. The summed E-state index contributed by atoms with van der Waals surface area (Å²) < 4.78 is 0. The van der Waals surface area contributed by atoms with Crippen LogP contribution in [0.4, 0.5) is 0 Å². The van der Waals surface area contributed by atoms with Crippen molar-refractivity contribution in [2.75, 3.05) is 0 Å². The van der Waals surface area contributed by atoms with Gasteiger partial charge in [-0.3, -0.25) is 0 Å². The molecule has 0 unspecified atom stereocenters. The van der Waals surface area contributed by atoms with Gasteiger partial charge in [0.2, 0.25) is 0 Å². The smallest absolute Gasteiger partial charge is 0.0414 e. The topological polar surface area (TPSA) is 0 Å². The molecule has 0 aliphatic heterocycles. The predicted molar refractivity (Wildman–Crippen MR) is 50.7 cm³/mol. The van der Waals surface area contributed by atoms with Crippen molar-refractivity contribution < 1.29 is 0 Å². The third-order valence-electron chi connectivity index (χ3n) is 2.92. The molecule has 2 aliphatic carbocycles. The van der Waals surface area contributed by atoms with Gasteiger partial charge in [0.1, 0.15) is 0 Å². The van der Waals surface area contributed by atoms with E-state index in [1.54, 1.807) is 0 Å². The molecule has 0 amide bonds. The zero-order chi connectivity index (χ0) is 7.94. The lowest BCUT2D eigenvalue weighted by molar-refractivity contribution is 0.294. The van der Waals surface area contributed by atoms with Gasteiger partial charge >= 0.3 is 0 Å². The Labute approximate surface area is 71.4 Å². The van der Waals surface area contributed by atoms with Gasteiger partial charge in [-0.05, 0) is 5.92 Å². The number of hydrogen-bond donors (Lipinski definition) is 0. The highest BCUT2D eigenvalue weighted by molar-refractivity contribution is 4.67. The Morgan fingerprint density at radius 3 is 1.55 bits per heavy atom. The maximum Gasteiger partial charge on any atom is -0.0414 e. The molecule has 66 valence electrons. The normalized spacial score (nSPS) is 22.6. The van der Waals surface area contributed by atoms with E-state index in [1.165, 1.54) is 57.8 Å². The van der Waals surface area contributed by atoms with Gasteiger partial charge in [0.25, 0.3) is 0 Å². The van der Waals surface area contributed by atoms with E-state index < -0.39 is 0 Å². The van der Waals surface area contributed by atoms with Crippen molar-refractivity contribution in [3.63, 3.8) is 0 Å². The van der Waals surface area contributed by atoms with Gasteiger partial charge < -0.3 is 0 Å². The summed E-state index contributed by atoms with van der Waals surface area (Å²) in [6, 6.07) is 0. The lowest BCUT2D eigenvalue weighted by Gasteiger charge is -2.24. The summed E-state index contributed by atoms with van der Waals surface area (Å²) in [6.07, 6.45) is 13.4. The summed E-state index contributed by atoms with van der Waals surface area (Å²) in [5.74, 6) is 1.13. The Balaban J connectivity index is 0.000000128. The molecule has 0 heteroatoms. The van der Waals surface area contributed by atoms with Crippen LogP contribution in [0.5, 0.6) is 0 Å². The van der Waals surface area contributed by atoms with Crippen molar-refractivity contribution in [1.29, 1.82) is 0 Å². The molecule has 11 heavy (non-hydrogen) atoms. The van der Waals surface area contributed by atoms with Crippen LogP contribution < -0.4 is 0 Å². The van der Waals surface area contributed by atoms with Gasteiger partial charge in [0.15, 0.2) is 0 Å². The molecule has 0 radical (unpaired) electrons. The van der Waals surface area contributed by atoms with E-state index in [0.29, 0.717) is 0 Å². The van der Waals surface area contributed by atoms with Gasteiger partial charge in [-0.1, -0.05) is 64.7 Å². The van der Waals surface area contributed by atoms with Gasteiger partial charge in [-0.25, -0.2) is 0 Å². The first kappa shape index (κ1) is 9.09. The van der Waals surface area contributed by atoms with Gasteiger partial charge in [-0.15, -0.1) is 0 Å². The van der Waals surface area contributed by atoms with E-state index >= 15 is 0 Å². The fourth-order valence-corrected chi connectivity index (χ4v) is 1.44. The van der Waals surface area contributed by atoms with Crippen LogP contribution in [0, 0.1) is 5.92 Å². The van der Waals surface area contributed by atoms with Gasteiger partial charge in [0, 0.05) is 0 Å². The summed E-state index contributed by atoms with van der Waals surface area (Å²) >= 11 is 0. The molecule has 0 nitrogen and oxygen atoms in total. The van der Waals surface area contributed by atoms with Crippen molar-refractivity contribution in [2.24, 2.45) is 5.92 Å². The monoisotopic (exact) mass is 154 g/mol. The zero-order valence-corrected chi connectivity index (χ0v) is 7.94. The molecule has 2 rings (SSSR count). The molecule has 2 aliphatic rings. The first-order valence-corrected chi connectivity index (χ1v) is 5.43. The highest BCUT2D eigenvalue weighted by Gasteiger charge is 2.14. The van der Waals surface area contributed by atoms with E-state index in [4.69, 9.17) is 0 Å². The van der Waals surface area contributed by atoms with E-state index in [-0.39, 0.29) is 0 Å². The second-order valence-corrected chi connectivity index (χ2v) is 4.00. The Morgan fingerprint density at radius 1 is 0.909 bits per heavy atom. The maximum absolute atomic E-state index is 2.28. The Kier molecular flexibility index (Phi) is 4.65. The molecular formula is C11H22. The van der Waals surface area contributed by atoms with E-state index in [2.05, 4.69) is 6.92 Å². The first-order chi connectivity index (χ1) is 5.43. The number of rotatable bonds is 2. The minimum Gasteiger partial charge on any atom is -0.0654 e. The standard InChI is InChI=1S/C7H14.C4H8/c1-2-4-7-5-3-6-7;1-2-4-3-1/h7H,2-6H2,1H3;1-4H2. The van der Waals surface area contributed by atoms with Crippen LogP contribution in [0.3, 0.4) is 0 Å². The summed E-state index contributed by atoms with van der Waals surface area (Å²) in [6.45, 7) is 2.28. The van der Waals surface area contributed by atoms with Crippen LogP contribution >= 0.6 is 0 Å². The second-order valence-electron chi connectivity index (χ2n) is 4.00. The van der Waals surface area contributed by atoms with Crippen LogP contribution in [0.2, 0.25) is 0 Å². The molecule has 0 heterocycles. The molecule has 0 spiro atoms. The third-order valence-corrected chi connectivity index (χ3v) is 2.92. The molecule has 2 fully saturated rings. The second kappa shape index (κ2) is 5.62. The summed E-state index contributed by atoms with van der Waals surface area (Å²) in [4.78, 5) is 0. The molecule has 0 N–H and O–H groups in total. The molecular weight excluding hydrogens is 132 g/mol. The quantitative estimate of drug-likeness (QED) is 0.560. The van der Waals surface area contributed by atoms with Crippen molar-refractivity contribution in [1.82, 2.24) is 0 Å². The first-order valence-electron chi connectivity index (χ1n) is 5.43.